The van der Waals surface area contributed by atoms with Gasteiger partial charge in [0.15, 0.2) is 0 Å². The quantitative estimate of drug-likeness (QED) is 0.820. The van der Waals surface area contributed by atoms with Crippen LogP contribution in [-0.4, -0.2) is 13.2 Å². The highest BCUT2D eigenvalue weighted by Crippen LogP contribution is 2.41. The SMILES string of the molecule is CCOc1cc(C2(C)OC=CO2)cc(OCC)c1Br. The van der Waals surface area contributed by atoms with Gasteiger partial charge in [0.05, 0.1) is 13.2 Å². The molecule has 0 bridgehead atoms. The number of halogens is 1. The van der Waals surface area contributed by atoms with Crippen molar-refractivity contribution in [3.8, 4) is 11.5 Å². The Bertz CT molecular complexity index is 449. The van der Waals surface area contributed by atoms with E-state index >= 15 is 0 Å². The molecule has 5 heteroatoms. The first-order valence-corrected chi connectivity index (χ1v) is 7.00. The van der Waals surface area contributed by atoms with Gasteiger partial charge >= 0.3 is 0 Å². The van der Waals surface area contributed by atoms with E-state index in [2.05, 4.69) is 15.9 Å². The molecule has 0 unspecified atom stereocenters. The molecule has 19 heavy (non-hydrogen) atoms. The molecular weight excluding hydrogens is 312 g/mol. The Morgan fingerprint density at radius 3 is 1.95 bits per heavy atom. The minimum atomic E-state index is -0.835. The fourth-order valence-corrected chi connectivity index (χ4v) is 2.29. The summed E-state index contributed by atoms with van der Waals surface area (Å²) in [4.78, 5) is 0. The van der Waals surface area contributed by atoms with E-state index in [4.69, 9.17) is 18.9 Å². The zero-order chi connectivity index (χ0) is 13.9. The highest BCUT2D eigenvalue weighted by atomic mass is 79.9. The first kappa shape index (κ1) is 14.1. The molecule has 0 amide bonds. The van der Waals surface area contributed by atoms with Crippen molar-refractivity contribution in [2.45, 2.75) is 26.6 Å². The predicted octanol–water partition coefficient (Wildman–Crippen LogP) is 3.94. The molecule has 0 fully saturated rings. The van der Waals surface area contributed by atoms with Crippen LogP contribution in [0.5, 0.6) is 11.5 Å². The normalized spacial score (nSPS) is 15.8. The third kappa shape index (κ3) is 2.81. The Labute approximate surface area is 121 Å². The largest absolute Gasteiger partial charge is 0.493 e. The number of hydrogen-bond donors (Lipinski definition) is 0. The molecule has 1 aliphatic heterocycles. The van der Waals surface area contributed by atoms with Gasteiger partial charge in [0.2, 0.25) is 0 Å². The first-order chi connectivity index (χ1) is 9.10. The third-order valence-corrected chi connectivity index (χ3v) is 3.55. The lowest BCUT2D eigenvalue weighted by atomic mass is 10.1. The molecule has 4 nitrogen and oxygen atoms in total. The molecule has 0 N–H and O–H groups in total. The Morgan fingerprint density at radius 1 is 1.05 bits per heavy atom. The second kappa shape index (κ2) is 5.74. The summed E-state index contributed by atoms with van der Waals surface area (Å²) in [6, 6.07) is 3.78. The fraction of sp³-hybridized carbons (Fsp3) is 0.429. The molecule has 104 valence electrons. The average molecular weight is 329 g/mol. The number of rotatable bonds is 5. The van der Waals surface area contributed by atoms with Gasteiger partial charge in [-0.2, -0.15) is 0 Å². The van der Waals surface area contributed by atoms with Crippen LogP contribution in [0.15, 0.2) is 29.1 Å². The highest BCUT2D eigenvalue weighted by Gasteiger charge is 2.33. The molecule has 0 saturated carbocycles. The minimum Gasteiger partial charge on any atom is -0.493 e. The molecule has 0 spiro atoms. The van der Waals surface area contributed by atoms with E-state index in [1.54, 1.807) is 0 Å². The standard InChI is InChI=1S/C14H17BrO4/c1-4-16-11-8-10(14(3)18-6-7-19-14)9-12(13(11)15)17-5-2/h6-9H,4-5H2,1-3H3. The van der Waals surface area contributed by atoms with Gasteiger partial charge in [-0.05, 0) is 41.9 Å². The van der Waals surface area contributed by atoms with Crippen LogP contribution >= 0.6 is 15.9 Å². The average Bonchev–Trinajstić information content (AvgIpc) is 2.83. The molecular formula is C14H17BrO4. The lowest BCUT2D eigenvalue weighted by molar-refractivity contribution is -0.133. The molecule has 1 aromatic rings. The third-order valence-electron chi connectivity index (χ3n) is 2.77. The van der Waals surface area contributed by atoms with Crippen molar-refractivity contribution in [1.29, 1.82) is 0 Å². The van der Waals surface area contributed by atoms with Gasteiger partial charge in [0.25, 0.3) is 5.79 Å². The Morgan fingerprint density at radius 2 is 1.53 bits per heavy atom. The van der Waals surface area contributed by atoms with Crippen molar-refractivity contribution in [3.05, 3.63) is 34.7 Å². The topological polar surface area (TPSA) is 36.9 Å². The van der Waals surface area contributed by atoms with Gasteiger partial charge in [-0.15, -0.1) is 0 Å². The smallest absolute Gasteiger partial charge is 0.274 e. The first-order valence-electron chi connectivity index (χ1n) is 6.21. The molecule has 2 rings (SSSR count). The zero-order valence-electron chi connectivity index (χ0n) is 11.2. The molecule has 0 aliphatic carbocycles. The summed E-state index contributed by atoms with van der Waals surface area (Å²) in [6.07, 6.45) is 3.06. The minimum absolute atomic E-state index is 0.574. The van der Waals surface area contributed by atoms with Crippen LogP contribution in [0, 0.1) is 0 Å². The molecule has 1 heterocycles. The van der Waals surface area contributed by atoms with E-state index in [0.717, 1.165) is 10.0 Å². The van der Waals surface area contributed by atoms with Crippen LogP contribution in [0.1, 0.15) is 26.3 Å². The summed E-state index contributed by atoms with van der Waals surface area (Å²) >= 11 is 3.50. The zero-order valence-corrected chi connectivity index (χ0v) is 12.8. The highest BCUT2D eigenvalue weighted by molar-refractivity contribution is 9.10. The fourth-order valence-electron chi connectivity index (χ4n) is 1.83. The van der Waals surface area contributed by atoms with Gasteiger partial charge in [0.1, 0.15) is 28.5 Å². The monoisotopic (exact) mass is 328 g/mol. The summed E-state index contributed by atoms with van der Waals surface area (Å²) < 4.78 is 23.0. The van der Waals surface area contributed by atoms with E-state index in [1.807, 2.05) is 32.9 Å². The van der Waals surface area contributed by atoms with Gasteiger partial charge < -0.3 is 18.9 Å². The molecule has 1 aromatic carbocycles. The summed E-state index contributed by atoms with van der Waals surface area (Å²) in [7, 11) is 0. The molecule has 0 aromatic heterocycles. The van der Waals surface area contributed by atoms with Crippen molar-refractivity contribution in [1.82, 2.24) is 0 Å². The molecule has 0 saturated heterocycles. The van der Waals surface area contributed by atoms with Gasteiger partial charge in [-0.3, -0.25) is 0 Å². The van der Waals surface area contributed by atoms with Crippen LogP contribution in [0.3, 0.4) is 0 Å². The molecule has 1 aliphatic rings. The van der Waals surface area contributed by atoms with Crippen LogP contribution in [0.25, 0.3) is 0 Å². The van der Waals surface area contributed by atoms with Crippen LogP contribution < -0.4 is 9.47 Å². The van der Waals surface area contributed by atoms with Gasteiger partial charge in [-0.1, -0.05) is 0 Å². The molecule has 0 radical (unpaired) electrons. The number of hydrogen-bond acceptors (Lipinski definition) is 4. The van der Waals surface area contributed by atoms with E-state index < -0.39 is 5.79 Å². The van der Waals surface area contributed by atoms with E-state index in [1.165, 1.54) is 12.5 Å². The Hall–Kier alpha value is -1.36. The summed E-state index contributed by atoms with van der Waals surface area (Å²) in [6.45, 7) is 6.87. The van der Waals surface area contributed by atoms with E-state index in [-0.39, 0.29) is 0 Å². The summed E-state index contributed by atoms with van der Waals surface area (Å²) in [5.41, 5.74) is 0.840. The second-order valence-corrected chi connectivity index (χ2v) is 4.90. The summed E-state index contributed by atoms with van der Waals surface area (Å²) in [5.74, 6) is 0.589. The maximum atomic E-state index is 5.61. The predicted molar refractivity (Wildman–Crippen MR) is 75.1 cm³/mol. The lowest BCUT2D eigenvalue weighted by Crippen LogP contribution is -2.22. The second-order valence-electron chi connectivity index (χ2n) is 4.11. The van der Waals surface area contributed by atoms with Crippen molar-refractivity contribution >= 4 is 15.9 Å². The van der Waals surface area contributed by atoms with Crippen molar-refractivity contribution < 1.29 is 18.9 Å². The van der Waals surface area contributed by atoms with Crippen LogP contribution in [-0.2, 0) is 15.3 Å². The van der Waals surface area contributed by atoms with Crippen LogP contribution in [0.4, 0.5) is 0 Å². The van der Waals surface area contributed by atoms with Crippen molar-refractivity contribution in [2.24, 2.45) is 0 Å². The van der Waals surface area contributed by atoms with E-state index in [0.29, 0.717) is 24.7 Å². The summed E-state index contributed by atoms with van der Waals surface area (Å²) in [5, 5.41) is 0. The van der Waals surface area contributed by atoms with Gasteiger partial charge in [-0.25, -0.2) is 0 Å². The van der Waals surface area contributed by atoms with E-state index in [9.17, 15) is 0 Å². The van der Waals surface area contributed by atoms with Gasteiger partial charge in [0, 0.05) is 12.5 Å². The number of ether oxygens (including phenoxy) is 4. The molecule has 0 atom stereocenters. The maximum Gasteiger partial charge on any atom is 0.274 e. The maximum absolute atomic E-state index is 5.61. The van der Waals surface area contributed by atoms with Crippen LogP contribution in [0.2, 0.25) is 0 Å². The number of benzene rings is 1. The Balaban J connectivity index is 2.43. The Kier molecular flexibility index (Phi) is 4.24. The van der Waals surface area contributed by atoms with Crippen molar-refractivity contribution in [2.75, 3.05) is 13.2 Å². The van der Waals surface area contributed by atoms with Crippen molar-refractivity contribution in [3.63, 3.8) is 0 Å². The lowest BCUT2D eigenvalue weighted by Gasteiger charge is -2.25.